The number of nitrogens with two attached hydrogens (primary N) is 1. The SMILES string of the molecule is CCc1nn(C)c(NCCN(C)C2CCCC2)c1N. The fourth-order valence-electron chi connectivity index (χ4n) is 2.94. The first kappa shape index (κ1) is 14.2. The molecule has 0 spiro atoms. The van der Waals surface area contributed by atoms with Crippen LogP contribution in [0.15, 0.2) is 0 Å². The van der Waals surface area contributed by atoms with E-state index in [1.54, 1.807) is 0 Å². The Morgan fingerprint density at radius 3 is 2.68 bits per heavy atom. The lowest BCUT2D eigenvalue weighted by atomic mass is 10.2. The van der Waals surface area contributed by atoms with Crippen LogP contribution in [0.5, 0.6) is 0 Å². The number of aromatic nitrogens is 2. The van der Waals surface area contributed by atoms with Crippen LogP contribution in [0.25, 0.3) is 0 Å². The Morgan fingerprint density at radius 2 is 2.11 bits per heavy atom. The molecule has 0 atom stereocenters. The van der Waals surface area contributed by atoms with Crippen LogP contribution in [0.3, 0.4) is 0 Å². The van der Waals surface area contributed by atoms with Gasteiger partial charge in [0, 0.05) is 26.2 Å². The standard InChI is InChI=1S/C14H27N5/c1-4-12-13(15)14(19(3)17-12)16-9-10-18(2)11-7-5-6-8-11/h11,16H,4-10,15H2,1-3H3. The second-order valence-corrected chi connectivity index (χ2v) is 5.53. The van der Waals surface area contributed by atoms with Gasteiger partial charge in [-0.1, -0.05) is 19.8 Å². The van der Waals surface area contributed by atoms with Crippen molar-refractivity contribution in [3.8, 4) is 0 Å². The Labute approximate surface area is 116 Å². The maximum absolute atomic E-state index is 6.09. The largest absolute Gasteiger partial charge is 0.394 e. The second kappa shape index (κ2) is 6.28. The second-order valence-electron chi connectivity index (χ2n) is 5.53. The highest BCUT2D eigenvalue weighted by molar-refractivity contribution is 5.64. The Morgan fingerprint density at radius 1 is 1.42 bits per heavy atom. The van der Waals surface area contributed by atoms with E-state index in [-0.39, 0.29) is 0 Å². The molecule has 19 heavy (non-hydrogen) atoms. The van der Waals surface area contributed by atoms with E-state index in [1.165, 1.54) is 25.7 Å². The van der Waals surface area contributed by atoms with Crippen LogP contribution in [0, 0.1) is 0 Å². The first-order chi connectivity index (χ1) is 9.13. The van der Waals surface area contributed by atoms with Gasteiger partial charge in [0.1, 0.15) is 5.82 Å². The Balaban J connectivity index is 1.83. The van der Waals surface area contributed by atoms with E-state index in [0.29, 0.717) is 0 Å². The number of nitrogens with one attached hydrogen (secondary N) is 1. The highest BCUT2D eigenvalue weighted by Gasteiger charge is 2.19. The Hall–Kier alpha value is -1.23. The molecule has 1 aromatic rings. The first-order valence-corrected chi connectivity index (χ1v) is 7.39. The zero-order chi connectivity index (χ0) is 13.8. The lowest BCUT2D eigenvalue weighted by Crippen LogP contribution is -2.33. The van der Waals surface area contributed by atoms with Crippen LogP contribution in [0.4, 0.5) is 11.5 Å². The van der Waals surface area contributed by atoms with Crippen molar-refractivity contribution in [2.45, 2.75) is 45.1 Å². The molecule has 1 saturated carbocycles. The van der Waals surface area contributed by atoms with Crippen molar-refractivity contribution in [1.82, 2.24) is 14.7 Å². The van der Waals surface area contributed by atoms with Crippen molar-refractivity contribution in [2.75, 3.05) is 31.2 Å². The summed E-state index contributed by atoms with van der Waals surface area (Å²) in [6.07, 6.45) is 6.35. The summed E-state index contributed by atoms with van der Waals surface area (Å²) in [6.45, 7) is 4.05. The number of likely N-dealkylation sites (N-methyl/N-ethyl adjacent to an activating group) is 1. The minimum Gasteiger partial charge on any atom is -0.394 e. The monoisotopic (exact) mass is 265 g/mol. The summed E-state index contributed by atoms with van der Waals surface area (Å²) in [5.41, 5.74) is 7.87. The minimum absolute atomic E-state index is 0.775. The van der Waals surface area contributed by atoms with Crippen LogP contribution < -0.4 is 11.1 Å². The molecule has 5 nitrogen and oxygen atoms in total. The van der Waals surface area contributed by atoms with Crippen LogP contribution >= 0.6 is 0 Å². The number of anilines is 2. The van der Waals surface area contributed by atoms with Gasteiger partial charge in [-0.15, -0.1) is 0 Å². The van der Waals surface area contributed by atoms with Crippen LogP contribution in [0.2, 0.25) is 0 Å². The van der Waals surface area contributed by atoms with Gasteiger partial charge in [-0.05, 0) is 26.3 Å². The van der Waals surface area contributed by atoms with E-state index in [4.69, 9.17) is 5.73 Å². The van der Waals surface area contributed by atoms with Gasteiger partial charge >= 0.3 is 0 Å². The Bertz CT molecular complexity index is 406. The summed E-state index contributed by atoms with van der Waals surface area (Å²) >= 11 is 0. The Kier molecular flexibility index (Phi) is 4.69. The predicted octanol–water partition coefficient (Wildman–Crippen LogP) is 1.85. The van der Waals surface area contributed by atoms with E-state index in [0.717, 1.165) is 42.8 Å². The molecule has 3 N–H and O–H groups in total. The van der Waals surface area contributed by atoms with Crippen molar-refractivity contribution < 1.29 is 0 Å². The molecule has 1 heterocycles. The summed E-state index contributed by atoms with van der Waals surface area (Å²) in [7, 11) is 4.17. The topological polar surface area (TPSA) is 59.1 Å². The van der Waals surface area contributed by atoms with Crippen LogP contribution in [-0.4, -0.2) is 40.9 Å². The molecule has 0 amide bonds. The smallest absolute Gasteiger partial charge is 0.147 e. The predicted molar refractivity (Wildman–Crippen MR) is 80.4 cm³/mol. The van der Waals surface area contributed by atoms with Crippen molar-refractivity contribution >= 4 is 11.5 Å². The molecule has 2 rings (SSSR count). The van der Waals surface area contributed by atoms with Gasteiger partial charge in [-0.3, -0.25) is 4.68 Å². The van der Waals surface area contributed by atoms with E-state index in [9.17, 15) is 0 Å². The zero-order valence-electron chi connectivity index (χ0n) is 12.4. The molecular formula is C14H27N5. The molecule has 1 fully saturated rings. The van der Waals surface area contributed by atoms with Gasteiger partial charge < -0.3 is 16.0 Å². The lowest BCUT2D eigenvalue weighted by molar-refractivity contribution is 0.254. The molecule has 0 aromatic carbocycles. The average Bonchev–Trinajstić information content (AvgIpc) is 3.01. The van der Waals surface area contributed by atoms with Crippen LogP contribution in [-0.2, 0) is 13.5 Å². The maximum Gasteiger partial charge on any atom is 0.147 e. The number of hydrogen-bond donors (Lipinski definition) is 2. The van der Waals surface area contributed by atoms with Gasteiger partial charge in [0.25, 0.3) is 0 Å². The fraction of sp³-hybridized carbons (Fsp3) is 0.786. The van der Waals surface area contributed by atoms with Gasteiger partial charge in [-0.2, -0.15) is 5.10 Å². The molecule has 1 aliphatic carbocycles. The lowest BCUT2D eigenvalue weighted by Gasteiger charge is -2.24. The van der Waals surface area contributed by atoms with E-state index in [2.05, 4.69) is 29.3 Å². The molecule has 0 bridgehead atoms. The van der Waals surface area contributed by atoms with Gasteiger partial charge in [0.2, 0.25) is 0 Å². The third-order valence-electron chi connectivity index (χ3n) is 4.20. The van der Waals surface area contributed by atoms with E-state index in [1.807, 2.05) is 11.7 Å². The molecule has 0 radical (unpaired) electrons. The average molecular weight is 265 g/mol. The van der Waals surface area contributed by atoms with E-state index < -0.39 is 0 Å². The number of nitrogens with zero attached hydrogens (tertiary/aromatic N) is 3. The van der Waals surface area contributed by atoms with Gasteiger partial charge in [0.05, 0.1) is 11.4 Å². The fourth-order valence-corrected chi connectivity index (χ4v) is 2.94. The molecule has 0 unspecified atom stereocenters. The molecule has 5 heteroatoms. The summed E-state index contributed by atoms with van der Waals surface area (Å²) in [5, 5.41) is 7.84. The van der Waals surface area contributed by atoms with Gasteiger partial charge in [0.15, 0.2) is 0 Å². The normalized spacial score (nSPS) is 16.4. The summed E-state index contributed by atoms with van der Waals surface area (Å²) in [6, 6.07) is 0.775. The highest BCUT2D eigenvalue weighted by atomic mass is 15.3. The maximum atomic E-state index is 6.09. The highest BCUT2D eigenvalue weighted by Crippen LogP contribution is 2.23. The molecule has 0 aliphatic heterocycles. The molecular weight excluding hydrogens is 238 g/mol. The van der Waals surface area contributed by atoms with Crippen molar-refractivity contribution in [2.24, 2.45) is 7.05 Å². The van der Waals surface area contributed by atoms with E-state index >= 15 is 0 Å². The zero-order valence-corrected chi connectivity index (χ0v) is 12.4. The summed E-state index contributed by atoms with van der Waals surface area (Å²) in [5.74, 6) is 0.955. The molecule has 0 saturated heterocycles. The quantitative estimate of drug-likeness (QED) is 0.824. The molecule has 108 valence electrons. The minimum atomic E-state index is 0.775. The number of aryl methyl sites for hydroxylation is 2. The van der Waals surface area contributed by atoms with Crippen LogP contribution in [0.1, 0.15) is 38.3 Å². The number of hydrogen-bond acceptors (Lipinski definition) is 4. The molecule has 1 aliphatic rings. The third-order valence-corrected chi connectivity index (χ3v) is 4.20. The first-order valence-electron chi connectivity index (χ1n) is 7.39. The van der Waals surface area contributed by atoms with Crippen molar-refractivity contribution in [3.05, 3.63) is 5.69 Å². The summed E-state index contributed by atoms with van der Waals surface area (Å²) in [4.78, 5) is 2.47. The van der Waals surface area contributed by atoms with Gasteiger partial charge in [-0.25, -0.2) is 0 Å². The molecule has 1 aromatic heterocycles. The van der Waals surface area contributed by atoms with Crippen molar-refractivity contribution in [1.29, 1.82) is 0 Å². The number of rotatable bonds is 6. The third kappa shape index (κ3) is 3.21. The summed E-state index contributed by atoms with van der Waals surface area (Å²) < 4.78 is 1.85. The number of nitrogen functional groups attached to an aromatic ring is 1. The van der Waals surface area contributed by atoms with Crippen molar-refractivity contribution in [3.63, 3.8) is 0 Å².